The Labute approximate surface area is 202 Å². The molecule has 2 N–H and O–H groups in total. The van der Waals surface area contributed by atoms with E-state index in [4.69, 9.17) is 11.6 Å². The lowest BCUT2D eigenvalue weighted by atomic mass is 10.4. The van der Waals surface area contributed by atoms with Crippen LogP contribution in [0.4, 0.5) is 0 Å². The number of amides is 1. The number of halogens is 2. The van der Waals surface area contributed by atoms with Crippen molar-refractivity contribution in [3.63, 3.8) is 0 Å². The van der Waals surface area contributed by atoms with Crippen LogP contribution in [-0.2, 0) is 11.2 Å². The monoisotopic (exact) mass is 567 g/mol. The summed E-state index contributed by atoms with van der Waals surface area (Å²) in [5.41, 5.74) is 0. The summed E-state index contributed by atoms with van der Waals surface area (Å²) in [6.07, 6.45) is 2.71. The number of nitrogens with one attached hydrogen (secondary N) is 2. The molecule has 2 rings (SSSR count). The van der Waals surface area contributed by atoms with E-state index in [1.807, 2.05) is 37.4 Å². The van der Waals surface area contributed by atoms with Crippen LogP contribution in [0, 0.1) is 6.92 Å². The van der Waals surface area contributed by atoms with Gasteiger partial charge in [-0.25, -0.2) is 9.98 Å². The second-order valence-electron chi connectivity index (χ2n) is 6.22. The average Bonchev–Trinajstić information content (AvgIpc) is 3.08. The second kappa shape index (κ2) is 14.1. The normalized spacial score (nSPS) is 11.0. The van der Waals surface area contributed by atoms with Gasteiger partial charge in [-0.15, -0.1) is 47.1 Å². The standard InChI is InChI=1S/C19H26ClN5OS2.HI/c1-14-12-23-17(28-14)8-9-21-19(24-13-18(26)25(2)3)22-10-11-27-16-6-4-15(20)5-7-16;/h4-7,12H,8-11,13H2,1-3H3,(H2,21,22,24);1H. The van der Waals surface area contributed by atoms with Crippen LogP contribution in [0.2, 0.25) is 5.02 Å². The van der Waals surface area contributed by atoms with Gasteiger partial charge in [-0.2, -0.15) is 0 Å². The quantitative estimate of drug-likeness (QED) is 0.159. The predicted octanol–water partition coefficient (Wildman–Crippen LogP) is 3.68. The van der Waals surface area contributed by atoms with Crippen molar-refractivity contribution in [3.05, 3.63) is 45.4 Å². The first kappa shape index (κ1) is 26.0. The summed E-state index contributed by atoms with van der Waals surface area (Å²) in [7, 11) is 3.46. The van der Waals surface area contributed by atoms with E-state index in [-0.39, 0.29) is 36.4 Å². The molecule has 0 fully saturated rings. The fourth-order valence-electron chi connectivity index (χ4n) is 2.14. The Hall–Kier alpha value is -1.04. The van der Waals surface area contributed by atoms with Crippen molar-refractivity contribution in [1.82, 2.24) is 20.5 Å². The van der Waals surface area contributed by atoms with E-state index in [0.717, 1.165) is 28.7 Å². The minimum Gasteiger partial charge on any atom is -0.356 e. The number of benzene rings is 1. The van der Waals surface area contributed by atoms with Crippen LogP contribution in [0.1, 0.15) is 9.88 Å². The van der Waals surface area contributed by atoms with E-state index >= 15 is 0 Å². The number of thioether (sulfide) groups is 1. The van der Waals surface area contributed by atoms with Crippen molar-refractivity contribution in [2.75, 3.05) is 39.5 Å². The highest BCUT2D eigenvalue weighted by Crippen LogP contribution is 2.19. The summed E-state index contributed by atoms with van der Waals surface area (Å²) >= 11 is 9.34. The van der Waals surface area contributed by atoms with E-state index in [1.54, 1.807) is 37.2 Å². The maximum Gasteiger partial charge on any atom is 0.243 e. The SMILES string of the molecule is Cc1cnc(CCNC(=NCC(=O)N(C)C)NCCSc2ccc(Cl)cc2)s1.I. The van der Waals surface area contributed by atoms with Gasteiger partial charge in [0.2, 0.25) is 5.91 Å². The summed E-state index contributed by atoms with van der Waals surface area (Å²) in [4.78, 5) is 24.5. The number of rotatable bonds is 9. The number of aryl methyl sites for hydroxylation is 1. The molecule has 6 nitrogen and oxygen atoms in total. The fourth-order valence-corrected chi connectivity index (χ4v) is 3.82. The van der Waals surface area contributed by atoms with Gasteiger partial charge in [0.25, 0.3) is 0 Å². The van der Waals surface area contributed by atoms with Crippen molar-refractivity contribution in [1.29, 1.82) is 0 Å². The molecule has 0 aliphatic heterocycles. The molecule has 0 unspecified atom stereocenters. The Balaban J connectivity index is 0.00000420. The van der Waals surface area contributed by atoms with E-state index in [2.05, 4.69) is 20.6 Å². The molecule has 0 saturated carbocycles. The number of carbonyl (C=O) groups excluding carboxylic acids is 1. The number of carbonyl (C=O) groups is 1. The molecule has 2 aromatic rings. The predicted molar refractivity (Wildman–Crippen MR) is 135 cm³/mol. The zero-order valence-electron chi connectivity index (χ0n) is 16.8. The van der Waals surface area contributed by atoms with Gasteiger partial charge in [-0.3, -0.25) is 4.79 Å². The molecule has 1 aromatic heterocycles. The molecular weight excluding hydrogens is 541 g/mol. The van der Waals surface area contributed by atoms with Crippen LogP contribution in [-0.4, -0.2) is 61.2 Å². The zero-order valence-corrected chi connectivity index (χ0v) is 21.5. The number of guanidine groups is 1. The lowest BCUT2D eigenvalue weighted by Gasteiger charge is -2.13. The van der Waals surface area contributed by atoms with Gasteiger partial charge in [0.15, 0.2) is 5.96 Å². The smallest absolute Gasteiger partial charge is 0.243 e. The summed E-state index contributed by atoms with van der Waals surface area (Å²) in [5.74, 6) is 1.47. The number of aliphatic imine (C=N–C) groups is 1. The lowest BCUT2D eigenvalue weighted by Crippen LogP contribution is -2.40. The molecule has 0 atom stereocenters. The van der Waals surface area contributed by atoms with E-state index < -0.39 is 0 Å². The van der Waals surface area contributed by atoms with Crippen molar-refractivity contribution < 1.29 is 4.79 Å². The summed E-state index contributed by atoms with van der Waals surface area (Å²) < 4.78 is 0. The lowest BCUT2D eigenvalue weighted by molar-refractivity contribution is -0.127. The Morgan fingerprint density at radius 3 is 2.55 bits per heavy atom. The van der Waals surface area contributed by atoms with Crippen molar-refractivity contribution in [2.24, 2.45) is 4.99 Å². The molecule has 0 aliphatic carbocycles. The average molecular weight is 568 g/mol. The Bertz CT molecular complexity index is 783. The largest absolute Gasteiger partial charge is 0.356 e. The molecule has 0 radical (unpaired) electrons. The minimum atomic E-state index is -0.0350. The minimum absolute atomic E-state index is 0. The summed E-state index contributed by atoms with van der Waals surface area (Å²) in [6.45, 7) is 3.60. The van der Waals surface area contributed by atoms with Crippen molar-refractivity contribution >= 4 is 70.5 Å². The van der Waals surface area contributed by atoms with E-state index in [0.29, 0.717) is 12.5 Å². The number of aromatic nitrogens is 1. The first-order chi connectivity index (χ1) is 13.4. The second-order valence-corrected chi connectivity index (χ2v) is 9.15. The van der Waals surface area contributed by atoms with Gasteiger partial charge in [0, 0.05) is 60.4 Å². The summed E-state index contributed by atoms with van der Waals surface area (Å²) in [6, 6.07) is 7.79. The van der Waals surface area contributed by atoms with Crippen LogP contribution >= 0.6 is 58.7 Å². The van der Waals surface area contributed by atoms with Crippen LogP contribution in [0.15, 0.2) is 40.4 Å². The Morgan fingerprint density at radius 2 is 1.93 bits per heavy atom. The maximum absolute atomic E-state index is 11.8. The van der Waals surface area contributed by atoms with E-state index in [1.165, 1.54) is 14.7 Å². The van der Waals surface area contributed by atoms with E-state index in [9.17, 15) is 4.79 Å². The topological polar surface area (TPSA) is 69.6 Å². The molecule has 0 spiro atoms. The zero-order chi connectivity index (χ0) is 20.4. The van der Waals surface area contributed by atoms with Gasteiger partial charge in [0.05, 0.1) is 5.01 Å². The molecule has 1 aromatic carbocycles. The van der Waals surface area contributed by atoms with Gasteiger partial charge < -0.3 is 15.5 Å². The molecule has 0 aliphatic rings. The van der Waals surface area contributed by atoms with Crippen LogP contribution < -0.4 is 10.6 Å². The number of likely N-dealkylation sites (N-methyl/N-ethyl adjacent to an activating group) is 1. The van der Waals surface area contributed by atoms with Crippen LogP contribution in [0.5, 0.6) is 0 Å². The molecule has 1 heterocycles. The van der Waals surface area contributed by atoms with Crippen LogP contribution in [0.3, 0.4) is 0 Å². The third-order valence-corrected chi connectivity index (χ3v) is 5.89. The number of thiazole rings is 1. The molecule has 29 heavy (non-hydrogen) atoms. The maximum atomic E-state index is 11.8. The van der Waals surface area contributed by atoms with Crippen LogP contribution in [0.25, 0.3) is 0 Å². The molecule has 10 heteroatoms. The van der Waals surface area contributed by atoms with Gasteiger partial charge in [-0.1, -0.05) is 11.6 Å². The molecule has 160 valence electrons. The molecule has 0 saturated heterocycles. The highest BCUT2D eigenvalue weighted by atomic mass is 127. The number of nitrogens with zero attached hydrogens (tertiary/aromatic N) is 3. The molecule has 0 bridgehead atoms. The third-order valence-electron chi connectivity index (χ3n) is 3.65. The molecule has 1 amide bonds. The molecular formula is C19H27ClIN5OS2. The third kappa shape index (κ3) is 10.5. The Morgan fingerprint density at radius 1 is 1.24 bits per heavy atom. The first-order valence-electron chi connectivity index (χ1n) is 8.96. The fraction of sp³-hybridized carbons (Fsp3) is 0.421. The number of hydrogen-bond donors (Lipinski definition) is 2. The van der Waals surface area contributed by atoms with Crippen molar-refractivity contribution in [2.45, 2.75) is 18.2 Å². The van der Waals surface area contributed by atoms with Gasteiger partial charge in [-0.05, 0) is 31.2 Å². The first-order valence-corrected chi connectivity index (χ1v) is 11.1. The van der Waals surface area contributed by atoms with Gasteiger partial charge >= 0.3 is 0 Å². The van der Waals surface area contributed by atoms with Crippen molar-refractivity contribution in [3.8, 4) is 0 Å². The van der Waals surface area contributed by atoms with Gasteiger partial charge in [0.1, 0.15) is 6.54 Å². The number of hydrogen-bond acceptors (Lipinski definition) is 5. The summed E-state index contributed by atoms with van der Waals surface area (Å²) in [5, 5.41) is 8.41. The highest BCUT2D eigenvalue weighted by molar-refractivity contribution is 14.0. The Kier molecular flexibility index (Phi) is 12.6. The highest BCUT2D eigenvalue weighted by Gasteiger charge is 2.05.